The average Bonchev–Trinajstić information content (AvgIpc) is 3.42. The Bertz CT molecular complexity index is 1090. The molecule has 1 aromatic heterocycles. The number of rotatable bonds is 7. The summed E-state index contributed by atoms with van der Waals surface area (Å²) < 4.78 is 15.6. The van der Waals surface area contributed by atoms with E-state index in [1.165, 1.54) is 14.2 Å². The number of methoxy groups -OCH3 is 2. The molecule has 1 heterocycles. The third-order valence-corrected chi connectivity index (χ3v) is 5.50. The molecule has 0 bridgehead atoms. The van der Waals surface area contributed by atoms with E-state index in [4.69, 9.17) is 14.0 Å². The van der Waals surface area contributed by atoms with Crippen LogP contribution in [0.2, 0.25) is 0 Å². The molecule has 4 rings (SSSR count). The number of aryl methyl sites for hydroxylation is 1. The van der Waals surface area contributed by atoms with Crippen molar-refractivity contribution < 1.29 is 23.6 Å². The molecule has 0 saturated heterocycles. The van der Waals surface area contributed by atoms with Gasteiger partial charge >= 0.3 is 0 Å². The minimum atomic E-state index is -0.941. The lowest BCUT2D eigenvalue weighted by Gasteiger charge is -2.18. The lowest BCUT2D eigenvalue weighted by atomic mass is 9.85. The van der Waals surface area contributed by atoms with Crippen LogP contribution in [-0.2, 0) is 10.2 Å². The molecule has 1 saturated carbocycles. The van der Waals surface area contributed by atoms with Crippen LogP contribution in [-0.4, -0.2) is 31.1 Å². The molecule has 0 spiro atoms. The smallest absolute Gasteiger partial charge is 0.230 e. The highest BCUT2D eigenvalue weighted by molar-refractivity contribution is 6.12. The highest BCUT2D eigenvalue weighted by atomic mass is 16.5. The van der Waals surface area contributed by atoms with Crippen LogP contribution in [0.25, 0.3) is 0 Å². The zero-order chi connectivity index (χ0) is 21.3. The average molecular weight is 406 g/mol. The number of hydrogen-bond donors (Lipinski definition) is 1. The van der Waals surface area contributed by atoms with E-state index in [9.17, 15) is 9.59 Å². The number of aromatic nitrogens is 1. The number of Topliss-reactive ketones (excluding diaryl/α,β-unsaturated/α-hetero) is 1. The van der Waals surface area contributed by atoms with Crippen LogP contribution in [0, 0.1) is 12.8 Å². The maximum atomic E-state index is 13.7. The Labute approximate surface area is 174 Å². The summed E-state index contributed by atoms with van der Waals surface area (Å²) >= 11 is 0. The molecule has 1 aliphatic rings. The van der Waals surface area contributed by atoms with Gasteiger partial charge in [-0.25, -0.2) is 0 Å². The standard InChI is InChI=1S/C23H22N2O5/c1-14-11-20(25-30-14)24-22(27)17-13-23(17,16-7-5-4-6-8-16)21(26)15-9-10-18(28-2)19(12-15)29-3/h4-12,17H,13H2,1-3H3,(H,24,25,27). The zero-order valence-electron chi connectivity index (χ0n) is 17.0. The van der Waals surface area contributed by atoms with Gasteiger partial charge in [0.1, 0.15) is 5.76 Å². The summed E-state index contributed by atoms with van der Waals surface area (Å²) in [4.78, 5) is 26.6. The quantitative estimate of drug-likeness (QED) is 0.601. The number of nitrogens with zero attached hydrogens (tertiary/aromatic N) is 1. The number of hydrogen-bond acceptors (Lipinski definition) is 6. The van der Waals surface area contributed by atoms with Crippen LogP contribution in [0.3, 0.4) is 0 Å². The second kappa shape index (κ2) is 7.67. The van der Waals surface area contributed by atoms with Crippen molar-refractivity contribution in [2.45, 2.75) is 18.8 Å². The molecular formula is C23H22N2O5. The van der Waals surface area contributed by atoms with Gasteiger partial charge in [-0.1, -0.05) is 35.5 Å². The highest BCUT2D eigenvalue weighted by Gasteiger charge is 2.64. The molecule has 1 fully saturated rings. The SMILES string of the molecule is COc1ccc(C(=O)C2(c3ccccc3)CC2C(=O)Nc2cc(C)on2)cc1OC. The first-order valence-electron chi connectivity index (χ1n) is 9.56. The number of nitrogens with one attached hydrogen (secondary N) is 1. The number of ketones is 1. The summed E-state index contributed by atoms with van der Waals surface area (Å²) in [5.41, 5.74) is 0.328. The van der Waals surface area contributed by atoms with Crippen LogP contribution >= 0.6 is 0 Å². The van der Waals surface area contributed by atoms with Gasteiger partial charge in [-0.2, -0.15) is 0 Å². The molecule has 7 nitrogen and oxygen atoms in total. The Morgan fingerprint density at radius 2 is 1.80 bits per heavy atom. The second-order valence-electron chi connectivity index (χ2n) is 7.31. The second-order valence-corrected chi connectivity index (χ2v) is 7.31. The normalized spacial score (nSPS) is 19.8. The predicted molar refractivity (Wildman–Crippen MR) is 110 cm³/mol. The molecule has 0 radical (unpaired) electrons. The predicted octanol–water partition coefficient (Wildman–Crippen LogP) is 3.78. The van der Waals surface area contributed by atoms with E-state index in [1.54, 1.807) is 31.2 Å². The molecule has 7 heteroatoms. The molecule has 2 atom stereocenters. The van der Waals surface area contributed by atoms with Gasteiger partial charge in [0.2, 0.25) is 5.91 Å². The monoisotopic (exact) mass is 406 g/mol. The van der Waals surface area contributed by atoms with E-state index >= 15 is 0 Å². The molecule has 2 unspecified atom stereocenters. The van der Waals surface area contributed by atoms with Crippen molar-refractivity contribution in [1.82, 2.24) is 5.16 Å². The van der Waals surface area contributed by atoms with Crippen molar-refractivity contribution in [3.8, 4) is 11.5 Å². The number of anilines is 1. The van der Waals surface area contributed by atoms with Crippen molar-refractivity contribution in [1.29, 1.82) is 0 Å². The van der Waals surface area contributed by atoms with Crippen molar-refractivity contribution in [2.75, 3.05) is 19.5 Å². The van der Waals surface area contributed by atoms with E-state index in [-0.39, 0.29) is 11.7 Å². The number of amides is 1. The Morgan fingerprint density at radius 1 is 1.07 bits per heavy atom. The molecular weight excluding hydrogens is 384 g/mol. The van der Waals surface area contributed by atoms with Crippen molar-refractivity contribution in [3.05, 3.63) is 71.5 Å². The summed E-state index contributed by atoms with van der Waals surface area (Å²) in [6.07, 6.45) is 0.410. The third-order valence-electron chi connectivity index (χ3n) is 5.50. The first-order chi connectivity index (χ1) is 14.5. The summed E-state index contributed by atoms with van der Waals surface area (Å²) in [7, 11) is 3.06. The van der Waals surface area contributed by atoms with Crippen LogP contribution in [0.1, 0.15) is 28.1 Å². The minimum Gasteiger partial charge on any atom is -0.493 e. The number of benzene rings is 2. The largest absolute Gasteiger partial charge is 0.493 e. The Balaban J connectivity index is 1.68. The summed E-state index contributed by atoms with van der Waals surface area (Å²) in [6, 6.07) is 16.1. The fraction of sp³-hybridized carbons (Fsp3) is 0.261. The fourth-order valence-electron chi connectivity index (χ4n) is 3.89. The van der Waals surface area contributed by atoms with Gasteiger partial charge in [0.25, 0.3) is 0 Å². The topological polar surface area (TPSA) is 90.7 Å². The highest BCUT2D eigenvalue weighted by Crippen LogP contribution is 2.57. The molecule has 1 N–H and O–H groups in total. The van der Waals surface area contributed by atoms with E-state index < -0.39 is 11.3 Å². The van der Waals surface area contributed by atoms with Crippen molar-refractivity contribution in [3.63, 3.8) is 0 Å². The van der Waals surface area contributed by atoms with Crippen LogP contribution in [0.4, 0.5) is 5.82 Å². The summed E-state index contributed by atoms with van der Waals surface area (Å²) in [5.74, 6) is 1.02. The van der Waals surface area contributed by atoms with Crippen LogP contribution in [0.5, 0.6) is 11.5 Å². The molecule has 2 aromatic carbocycles. The van der Waals surface area contributed by atoms with Gasteiger partial charge in [-0.15, -0.1) is 0 Å². The maximum Gasteiger partial charge on any atom is 0.230 e. The molecule has 1 amide bonds. The van der Waals surface area contributed by atoms with Gasteiger partial charge in [-0.05, 0) is 37.1 Å². The lowest BCUT2D eigenvalue weighted by molar-refractivity contribution is -0.117. The van der Waals surface area contributed by atoms with Gasteiger partial charge < -0.3 is 19.3 Å². The summed E-state index contributed by atoms with van der Waals surface area (Å²) in [5, 5.41) is 6.56. The third kappa shape index (κ3) is 3.32. The Morgan fingerprint density at radius 3 is 2.43 bits per heavy atom. The fourth-order valence-corrected chi connectivity index (χ4v) is 3.89. The van der Waals surface area contributed by atoms with Gasteiger partial charge in [0.15, 0.2) is 23.1 Å². The summed E-state index contributed by atoms with van der Waals surface area (Å²) in [6.45, 7) is 1.74. The first kappa shape index (κ1) is 19.7. The molecule has 1 aliphatic carbocycles. The Kier molecular flexibility index (Phi) is 5.03. The number of carbonyl (C=O) groups is 2. The van der Waals surface area contributed by atoms with E-state index in [0.717, 1.165) is 5.56 Å². The molecule has 154 valence electrons. The number of carbonyl (C=O) groups excluding carboxylic acids is 2. The van der Waals surface area contributed by atoms with E-state index in [0.29, 0.717) is 35.1 Å². The maximum absolute atomic E-state index is 13.7. The van der Waals surface area contributed by atoms with Crippen molar-refractivity contribution in [2.24, 2.45) is 5.92 Å². The first-order valence-corrected chi connectivity index (χ1v) is 9.56. The minimum absolute atomic E-state index is 0.133. The van der Waals surface area contributed by atoms with Gasteiger partial charge in [0, 0.05) is 11.6 Å². The molecule has 0 aliphatic heterocycles. The zero-order valence-corrected chi connectivity index (χ0v) is 17.0. The lowest BCUT2D eigenvalue weighted by Crippen LogP contribution is -2.28. The molecule has 30 heavy (non-hydrogen) atoms. The number of ether oxygens (including phenoxy) is 2. The van der Waals surface area contributed by atoms with E-state index in [2.05, 4.69) is 10.5 Å². The van der Waals surface area contributed by atoms with Crippen LogP contribution in [0.15, 0.2) is 59.1 Å². The van der Waals surface area contributed by atoms with E-state index in [1.807, 2.05) is 30.3 Å². The molecule has 3 aromatic rings. The van der Waals surface area contributed by atoms with Crippen molar-refractivity contribution >= 4 is 17.5 Å². The Hall–Kier alpha value is -3.61. The van der Waals surface area contributed by atoms with Crippen LogP contribution < -0.4 is 14.8 Å². The van der Waals surface area contributed by atoms with Gasteiger partial charge in [0.05, 0.1) is 25.6 Å². The van der Waals surface area contributed by atoms with Gasteiger partial charge in [-0.3, -0.25) is 9.59 Å².